The normalized spacial score (nSPS) is 29.2. The van der Waals surface area contributed by atoms with Crippen molar-refractivity contribution in [2.75, 3.05) is 20.3 Å². The Hall–Kier alpha value is -0.120. The second-order valence-corrected chi connectivity index (χ2v) is 6.61. The minimum atomic E-state index is 0.195. The van der Waals surface area contributed by atoms with Gasteiger partial charge in [-0.15, -0.1) is 0 Å². The summed E-state index contributed by atoms with van der Waals surface area (Å²) in [6.45, 7) is 6.39. The summed E-state index contributed by atoms with van der Waals surface area (Å²) in [4.78, 5) is 0. The van der Waals surface area contributed by atoms with Gasteiger partial charge in [-0.25, -0.2) is 0 Å². The van der Waals surface area contributed by atoms with E-state index in [2.05, 4.69) is 19.2 Å². The molecule has 0 aromatic heterocycles. The van der Waals surface area contributed by atoms with E-state index in [1.165, 1.54) is 44.9 Å². The fourth-order valence-electron chi connectivity index (χ4n) is 4.32. The minimum Gasteiger partial charge on any atom is -0.380 e. The van der Waals surface area contributed by atoms with Crippen LogP contribution in [0.2, 0.25) is 0 Å². The zero-order valence-electron chi connectivity index (χ0n) is 13.6. The predicted octanol–water partition coefficient (Wildman–Crippen LogP) is 3.52. The van der Waals surface area contributed by atoms with E-state index in [4.69, 9.17) is 9.47 Å². The van der Waals surface area contributed by atoms with Gasteiger partial charge in [-0.1, -0.05) is 33.1 Å². The van der Waals surface area contributed by atoms with Crippen molar-refractivity contribution < 1.29 is 9.47 Å². The second kappa shape index (κ2) is 7.77. The molecule has 1 spiro atoms. The summed E-state index contributed by atoms with van der Waals surface area (Å²) in [6.07, 6.45) is 10.4. The molecule has 2 rings (SSSR count). The van der Waals surface area contributed by atoms with E-state index < -0.39 is 0 Å². The molecule has 1 saturated carbocycles. The maximum atomic E-state index is 6.24. The van der Waals surface area contributed by atoms with Crippen LogP contribution in [-0.4, -0.2) is 38.0 Å². The number of nitrogens with one attached hydrogen (secondary N) is 1. The molecule has 3 heteroatoms. The van der Waals surface area contributed by atoms with E-state index in [1.807, 2.05) is 7.11 Å². The van der Waals surface area contributed by atoms with Crippen LogP contribution in [-0.2, 0) is 9.47 Å². The van der Waals surface area contributed by atoms with Crippen LogP contribution < -0.4 is 5.32 Å². The van der Waals surface area contributed by atoms with E-state index in [0.29, 0.717) is 18.1 Å². The van der Waals surface area contributed by atoms with Crippen molar-refractivity contribution in [3.8, 4) is 0 Å². The highest BCUT2D eigenvalue weighted by Crippen LogP contribution is 2.42. The molecule has 0 amide bonds. The fourth-order valence-corrected chi connectivity index (χ4v) is 4.32. The highest BCUT2D eigenvalue weighted by atomic mass is 16.5. The van der Waals surface area contributed by atoms with Crippen LogP contribution in [0.15, 0.2) is 0 Å². The van der Waals surface area contributed by atoms with Gasteiger partial charge >= 0.3 is 0 Å². The molecule has 2 fully saturated rings. The monoisotopic (exact) mass is 283 g/mol. The van der Waals surface area contributed by atoms with Crippen molar-refractivity contribution in [1.82, 2.24) is 5.32 Å². The summed E-state index contributed by atoms with van der Waals surface area (Å²) in [6, 6.07) is 0.484. The first-order chi connectivity index (χ1) is 9.74. The Labute approximate surface area is 124 Å². The van der Waals surface area contributed by atoms with E-state index >= 15 is 0 Å². The van der Waals surface area contributed by atoms with Crippen LogP contribution in [0.1, 0.15) is 65.2 Å². The number of hydrogen-bond acceptors (Lipinski definition) is 3. The molecular formula is C17H33NO2. The highest BCUT2D eigenvalue weighted by molar-refractivity contribution is 4.95. The lowest BCUT2D eigenvalue weighted by Gasteiger charge is -2.46. The summed E-state index contributed by atoms with van der Waals surface area (Å²) in [5.41, 5.74) is 0.195. The average Bonchev–Trinajstić information content (AvgIpc) is 2.48. The number of hydrogen-bond donors (Lipinski definition) is 1. The lowest BCUT2D eigenvalue weighted by atomic mass is 9.73. The topological polar surface area (TPSA) is 30.5 Å². The largest absolute Gasteiger partial charge is 0.380 e. The molecule has 1 aliphatic carbocycles. The third kappa shape index (κ3) is 3.75. The van der Waals surface area contributed by atoms with Gasteiger partial charge in [0.1, 0.15) is 0 Å². The molecule has 118 valence electrons. The standard InChI is InChI=1S/C17H33NO2/c1-4-15(19-3)16(18-5-2)14-9-12-20-17(13-14)10-7-6-8-11-17/h14-16,18H,4-13H2,1-3H3. The Balaban J connectivity index is 2.04. The van der Waals surface area contributed by atoms with Crippen molar-refractivity contribution in [3.05, 3.63) is 0 Å². The van der Waals surface area contributed by atoms with Gasteiger partial charge in [0.25, 0.3) is 0 Å². The van der Waals surface area contributed by atoms with Crippen LogP contribution >= 0.6 is 0 Å². The summed E-state index contributed by atoms with van der Waals surface area (Å²) >= 11 is 0. The molecule has 1 aliphatic heterocycles. The molecule has 3 nitrogen and oxygen atoms in total. The smallest absolute Gasteiger partial charge is 0.0724 e. The van der Waals surface area contributed by atoms with Crippen molar-refractivity contribution in [2.24, 2.45) is 5.92 Å². The number of likely N-dealkylation sites (N-methyl/N-ethyl adjacent to an activating group) is 1. The molecule has 0 aromatic carbocycles. The average molecular weight is 283 g/mol. The third-order valence-corrected chi connectivity index (χ3v) is 5.35. The predicted molar refractivity (Wildman–Crippen MR) is 83.0 cm³/mol. The maximum absolute atomic E-state index is 6.24. The first-order valence-electron chi connectivity index (χ1n) is 8.65. The second-order valence-electron chi connectivity index (χ2n) is 6.61. The molecular weight excluding hydrogens is 250 g/mol. The van der Waals surface area contributed by atoms with Gasteiger partial charge in [0, 0.05) is 19.8 Å². The van der Waals surface area contributed by atoms with Crippen molar-refractivity contribution in [2.45, 2.75) is 83.0 Å². The van der Waals surface area contributed by atoms with Crippen LogP contribution in [0.3, 0.4) is 0 Å². The van der Waals surface area contributed by atoms with Crippen LogP contribution in [0, 0.1) is 5.92 Å². The van der Waals surface area contributed by atoms with Gasteiger partial charge in [-0.2, -0.15) is 0 Å². The Kier molecular flexibility index (Phi) is 6.31. The van der Waals surface area contributed by atoms with Crippen molar-refractivity contribution >= 4 is 0 Å². The highest BCUT2D eigenvalue weighted by Gasteiger charge is 2.42. The first kappa shape index (κ1) is 16.3. The van der Waals surface area contributed by atoms with Gasteiger partial charge < -0.3 is 14.8 Å². The first-order valence-corrected chi connectivity index (χ1v) is 8.65. The lowest BCUT2D eigenvalue weighted by molar-refractivity contribution is -0.128. The Bertz CT molecular complexity index is 267. The Morgan fingerprint density at radius 3 is 2.60 bits per heavy atom. The fraction of sp³-hybridized carbons (Fsp3) is 1.00. The third-order valence-electron chi connectivity index (χ3n) is 5.35. The van der Waals surface area contributed by atoms with E-state index in [0.717, 1.165) is 19.6 Å². The number of methoxy groups -OCH3 is 1. The Morgan fingerprint density at radius 2 is 2.00 bits per heavy atom. The van der Waals surface area contributed by atoms with Gasteiger partial charge in [-0.05, 0) is 44.6 Å². The molecule has 1 heterocycles. The lowest BCUT2D eigenvalue weighted by Crippen LogP contribution is -2.52. The summed E-state index contributed by atoms with van der Waals surface area (Å²) < 4.78 is 12.0. The molecule has 0 aromatic rings. The molecule has 3 atom stereocenters. The molecule has 1 N–H and O–H groups in total. The van der Waals surface area contributed by atoms with Gasteiger partial charge in [0.15, 0.2) is 0 Å². The van der Waals surface area contributed by atoms with Crippen LogP contribution in [0.4, 0.5) is 0 Å². The van der Waals surface area contributed by atoms with Crippen molar-refractivity contribution in [1.29, 1.82) is 0 Å². The summed E-state index contributed by atoms with van der Waals surface area (Å²) in [5.74, 6) is 0.701. The molecule has 0 bridgehead atoms. The van der Waals surface area contributed by atoms with E-state index in [1.54, 1.807) is 0 Å². The quantitative estimate of drug-likeness (QED) is 0.809. The molecule has 0 radical (unpaired) electrons. The zero-order valence-corrected chi connectivity index (χ0v) is 13.6. The SMILES string of the molecule is CCNC(C1CCOC2(CCCCC2)C1)C(CC)OC. The van der Waals surface area contributed by atoms with Crippen molar-refractivity contribution in [3.63, 3.8) is 0 Å². The summed E-state index contributed by atoms with van der Waals surface area (Å²) in [5, 5.41) is 3.70. The summed E-state index contributed by atoms with van der Waals surface area (Å²) in [7, 11) is 1.86. The maximum Gasteiger partial charge on any atom is 0.0724 e. The molecule has 20 heavy (non-hydrogen) atoms. The van der Waals surface area contributed by atoms with Gasteiger partial charge in [-0.3, -0.25) is 0 Å². The van der Waals surface area contributed by atoms with Gasteiger partial charge in [0.05, 0.1) is 11.7 Å². The zero-order chi connectivity index (χ0) is 14.4. The molecule has 1 saturated heterocycles. The number of rotatable bonds is 6. The van der Waals surface area contributed by atoms with Gasteiger partial charge in [0.2, 0.25) is 0 Å². The molecule has 2 aliphatic rings. The molecule has 3 unspecified atom stereocenters. The van der Waals surface area contributed by atoms with E-state index in [9.17, 15) is 0 Å². The van der Waals surface area contributed by atoms with E-state index in [-0.39, 0.29) is 5.60 Å². The van der Waals surface area contributed by atoms with Crippen LogP contribution in [0.5, 0.6) is 0 Å². The van der Waals surface area contributed by atoms with Crippen LogP contribution in [0.25, 0.3) is 0 Å². The minimum absolute atomic E-state index is 0.195. The Morgan fingerprint density at radius 1 is 1.25 bits per heavy atom. The number of ether oxygens (including phenoxy) is 2.